The fraction of sp³-hybridized carbons (Fsp3) is 0.786. The first-order valence-corrected chi connectivity index (χ1v) is 7.93. The normalized spacial score (nSPS) is 17.1. The van der Waals surface area contributed by atoms with Crippen LogP contribution in [0.2, 0.25) is 0 Å². The highest BCUT2D eigenvalue weighted by Gasteiger charge is 2.22. The Morgan fingerprint density at radius 1 is 1.39 bits per heavy atom. The van der Waals surface area contributed by atoms with Gasteiger partial charge in [-0.25, -0.2) is 4.98 Å². The first-order valence-electron chi connectivity index (χ1n) is 7.11. The molecule has 1 fully saturated rings. The third-order valence-electron chi connectivity index (χ3n) is 3.27. The summed E-state index contributed by atoms with van der Waals surface area (Å²) < 4.78 is 5.76. The van der Waals surface area contributed by atoms with Crippen LogP contribution in [0.5, 0.6) is 0 Å². The van der Waals surface area contributed by atoms with Crippen molar-refractivity contribution < 1.29 is 4.74 Å². The van der Waals surface area contributed by atoms with Gasteiger partial charge in [-0.05, 0) is 32.6 Å². The lowest BCUT2D eigenvalue weighted by molar-refractivity contribution is 0.0595. The summed E-state index contributed by atoms with van der Waals surface area (Å²) in [4.78, 5) is 6.17. The Hall–Kier alpha value is -0.450. The molecule has 0 aromatic carbocycles. The van der Waals surface area contributed by atoms with Crippen LogP contribution in [0.4, 0.5) is 0 Å². The Balaban J connectivity index is 2.05. The second-order valence-corrected chi connectivity index (χ2v) is 5.90. The molecule has 1 aromatic heterocycles. The van der Waals surface area contributed by atoms with Crippen molar-refractivity contribution in [2.45, 2.75) is 65.1 Å². The highest BCUT2D eigenvalue weighted by Crippen LogP contribution is 2.29. The smallest absolute Gasteiger partial charge is 0.122 e. The molecule has 1 saturated carbocycles. The zero-order valence-electron chi connectivity index (χ0n) is 11.7. The van der Waals surface area contributed by atoms with E-state index in [-0.39, 0.29) is 6.10 Å². The van der Waals surface area contributed by atoms with Crippen LogP contribution in [0.3, 0.4) is 0 Å². The van der Waals surface area contributed by atoms with E-state index in [1.165, 1.54) is 23.4 Å². The predicted molar refractivity (Wildman–Crippen MR) is 76.0 cm³/mol. The molecule has 0 bridgehead atoms. The highest BCUT2D eigenvalue weighted by molar-refractivity contribution is 7.11. The molecule has 1 aliphatic carbocycles. The molecule has 0 radical (unpaired) electrons. The van der Waals surface area contributed by atoms with Gasteiger partial charge in [-0.3, -0.25) is 0 Å². The van der Waals surface area contributed by atoms with Gasteiger partial charge in [0.1, 0.15) is 11.1 Å². The van der Waals surface area contributed by atoms with Gasteiger partial charge >= 0.3 is 0 Å². The molecule has 1 aliphatic rings. The minimum Gasteiger partial charge on any atom is -0.371 e. The average Bonchev–Trinajstić information content (AvgIpc) is 3.13. The molecule has 2 rings (SSSR count). The van der Waals surface area contributed by atoms with Gasteiger partial charge in [0.05, 0.1) is 5.69 Å². The molecule has 1 unspecified atom stereocenters. The standard InChI is InChI=1S/C14H24N2OS/c1-4-11-13(9-15-10-7-8-10)18-14(16-11)12(5-2)17-6-3/h10,12,15H,4-9H2,1-3H3. The van der Waals surface area contributed by atoms with Crippen molar-refractivity contribution in [1.82, 2.24) is 10.3 Å². The highest BCUT2D eigenvalue weighted by atomic mass is 32.1. The second kappa shape index (κ2) is 6.64. The van der Waals surface area contributed by atoms with Crippen LogP contribution in [0.25, 0.3) is 0 Å². The number of aryl methyl sites for hydroxylation is 1. The number of ether oxygens (including phenoxy) is 1. The monoisotopic (exact) mass is 268 g/mol. The average molecular weight is 268 g/mol. The maximum Gasteiger partial charge on any atom is 0.122 e. The summed E-state index contributed by atoms with van der Waals surface area (Å²) in [7, 11) is 0. The summed E-state index contributed by atoms with van der Waals surface area (Å²) in [6.45, 7) is 8.13. The van der Waals surface area contributed by atoms with Gasteiger partial charge < -0.3 is 10.1 Å². The summed E-state index contributed by atoms with van der Waals surface area (Å²) in [5.74, 6) is 0. The number of hydrogen-bond acceptors (Lipinski definition) is 4. The van der Waals surface area contributed by atoms with Crippen molar-refractivity contribution in [3.63, 3.8) is 0 Å². The molecule has 102 valence electrons. The first-order chi connectivity index (χ1) is 8.78. The maximum absolute atomic E-state index is 5.76. The van der Waals surface area contributed by atoms with E-state index in [2.05, 4.69) is 19.2 Å². The van der Waals surface area contributed by atoms with Crippen molar-refractivity contribution in [3.8, 4) is 0 Å². The van der Waals surface area contributed by atoms with Crippen LogP contribution in [0.1, 0.15) is 61.7 Å². The van der Waals surface area contributed by atoms with Crippen LogP contribution in [-0.2, 0) is 17.7 Å². The van der Waals surface area contributed by atoms with E-state index < -0.39 is 0 Å². The topological polar surface area (TPSA) is 34.1 Å². The van der Waals surface area contributed by atoms with Crippen LogP contribution in [0, 0.1) is 0 Å². The fourth-order valence-electron chi connectivity index (χ4n) is 2.04. The quantitative estimate of drug-likeness (QED) is 0.784. The van der Waals surface area contributed by atoms with Crippen LogP contribution in [0.15, 0.2) is 0 Å². The SMILES string of the molecule is CCOC(CC)c1nc(CC)c(CNC2CC2)s1. The largest absolute Gasteiger partial charge is 0.371 e. The molecule has 1 N–H and O–H groups in total. The molecular formula is C14H24N2OS. The van der Waals surface area contributed by atoms with Gasteiger partial charge in [-0.1, -0.05) is 13.8 Å². The lowest BCUT2D eigenvalue weighted by Gasteiger charge is -2.11. The number of nitrogens with one attached hydrogen (secondary N) is 1. The zero-order chi connectivity index (χ0) is 13.0. The molecule has 0 amide bonds. The molecule has 1 heterocycles. The Labute approximate surface area is 114 Å². The Morgan fingerprint density at radius 2 is 2.17 bits per heavy atom. The van der Waals surface area contributed by atoms with E-state index in [0.29, 0.717) is 0 Å². The van der Waals surface area contributed by atoms with Gasteiger partial charge in [-0.15, -0.1) is 11.3 Å². The lowest BCUT2D eigenvalue weighted by Crippen LogP contribution is -2.15. The summed E-state index contributed by atoms with van der Waals surface area (Å²) >= 11 is 1.83. The molecule has 1 aromatic rings. The van der Waals surface area contributed by atoms with Crippen molar-refractivity contribution in [2.75, 3.05) is 6.61 Å². The van der Waals surface area contributed by atoms with Gasteiger partial charge in [0.25, 0.3) is 0 Å². The Morgan fingerprint density at radius 3 is 2.72 bits per heavy atom. The minimum atomic E-state index is 0.181. The first kappa shape index (κ1) is 14.0. The van der Waals surface area contributed by atoms with E-state index in [9.17, 15) is 0 Å². The van der Waals surface area contributed by atoms with Gasteiger partial charge in [0.15, 0.2) is 0 Å². The van der Waals surface area contributed by atoms with Gasteiger partial charge in [0, 0.05) is 24.1 Å². The number of thiazole rings is 1. The number of rotatable bonds is 8. The molecule has 4 heteroatoms. The molecule has 0 aliphatic heterocycles. The Bertz CT molecular complexity index is 374. The number of aromatic nitrogens is 1. The molecule has 0 spiro atoms. The van der Waals surface area contributed by atoms with Crippen molar-refractivity contribution in [2.24, 2.45) is 0 Å². The van der Waals surface area contributed by atoms with Crippen molar-refractivity contribution in [1.29, 1.82) is 0 Å². The van der Waals surface area contributed by atoms with Crippen LogP contribution >= 0.6 is 11.3 Å². The van der Waals surface area contributed by atoms with Gasteiger partial charge in [0.2, 0.25) is 0 Å². The van der Waals surface area contributed by atoms with Crippen molar-refractivity contribution >= 4 is 11.3 Å². The molecule has 0 saturated heterocycles. The lowest BCUT2D eigenvalue weighted by atomic mass is 10.2. The van der Waals surface area contributed by atoms with Crippen LogP contribution < -0.4 is 5.32 Å². The van der Waals surface area contributed by atoms with E-state index in [0.717, 1.165) is 37.0 Å². The summed E-state index contributed by atoms with van der Waals surface area (Å²) in [6, 6.07) is 0.758. The fourth-order valence-corrected chi connectivity index (χ4v) is 3.28. The number of hydrogen-bond donors (Lipinski definition) is 1. The molecule has 3 nitrogen and oxygen atoms in total. The number of nitrogens with zero attached hydrogens (tertiary/aromatic N) is 1. The summed E-state index contributed by atoms with van der Waals surface area (Å²) in [5, 5.41) is 4.74. The van der Waals surface area contributed by atoms with Gasteiger partial charge in [-0.2, -0.15) is 0 Å². The van der Waals surface area contributed by atoms with E-state index in [1.807, 2.05) is 18.3 Å². The Kier molecular flexibility index (Phi) is 5.15. The van der Waals surface area contributed by atoms with E-state index >= 15 is 0 Å². The summed E-state index contributed by atoms with van der Waals surface area (Å²) in [5.41, 5.74) is 1.25. The molecule has 1 atom stereocenters. The third kappa shape index (κ3) is 3.53. The zero-order valence-corrected chi connectivity index (χ0v) is 12.5. The molecule has 18 heavy (non-hydrogen) atoms. The van der Waals surface area contributed by atoms with Crippen molar-refractivity contribution in [3.05, 3.63) is 15.6 Å². The minimum absolute atomic E-state index is 0.181. The third-order valence-corrected chi connectivity index (χ3v) is 4.46. The maximum atomic E-state index is 5.76. The molecular weight excluding hydrogens is 244 g/mol. The van der Waals surface area contributed by atoms with E-state index in [4.69, 9.17) is 9.72 Å². The van der Waals surface area contributed by atoms with Crippen LogP contribution in [-0.4, -0.2) is 17.6 Å². The van der Waals surface area contributed by atoms with E-state index in [1.54, 1.807) is 0 Å². The summed E-state index contributed by atoms with van der Waals surface area (Å²) in [6.07, 6.45) is 4.87. The second-order valence-electron chi connectivity index (χ2n) is 4.78. The predicted octanol–water partition coefficient (Wildman–Crippen LogP) is 3.45.